The maximum Gasteiger partial charge on any atom is 0.217 e. The van der Waals surface area contributed by atoms with Crippen LogP contribution in [0, 0.1) is 5.92 Å². The van der Waals surface area contributed by atoms with Crippen molar-refractivity contribution in [3.8, 4) is 5.88 Å². The first kappa shape index (κ1) is 13.9. The van der Waals surface area contributed by atoms with E-state index in [4.69, 9.17) is 9.47 Å². The second-order valence-electron chi connectivity index (χ2n) is 4.13. The van der Waals surface area contributed by atoms with Crippen molar-refractivity contribution >= 4 is 0 Å². The molecule has 2 unspecified atom stereocenters. The molecule has 1 aromatic rings. The second kappa shape index (κ2) is 7.25. The number of pyridine rings is 1. The van der Waals surface area contributed by atoms with E-state index in [1.54, 1.807) is 20.4 Å². The molecule has 0 amide bonds. The van der Waals surface area contributed by atoms with Crippen molar-refractivity contribution in [3.63, 3.8) is 0 Å². The fourth-order valence-corrected chi connectivity index (χ4v) is 2.03. The Morgan fingerprint density at radius 2 is 2.18 bits per heavy atom. The van der Waals surface area contributed by atoms with Gasteiger partial charge in [0.15, 0.2) is 0 Å². The molecule has 1 heterocycles. The van der Waals surface area contributed by atoms with Crippen molar-refractivity contribution in [3.05, 3.63) is 23.9 Å². The van der Waals surface area contributed by atoms with Crippen molar-refractivity contribution in [1.82, 2.24) is 10.3 Å². The number of hydrogen-bond acceptors (Lipinski definition) is 4. The van der Waals surface area contributed by atoms with Gasteiger partial charge in [-0.15, -0.1) is 0 Å². The molecule has 2 atom stereocenters. The van der Waals surface area contributed by atoms with E-state index >= 15 is 0 Å². The van der Waals surface area contributed by atoms with Gasteiger partial charge in [0, 0.05) is 31.5 Å². The molecule has 0 fully saturated rings. The fourth-order valence-electron chi connectivity index (χ4n) is 2.03. The highest BCUT2D eigenvalue weighted by atomic mass is 16.5. The molecule has 4 heteroatoms. The van der Waals surface area contributed by atoms with Gasteiger partial charge >= 0.3 is 0 Å². The van der Waals surface area contributed by atoms with Gasteiger partial charge in [-0.05, 0) is 25.5 Å². The van der Waals surface area contributed by atoms with Crippen LogP contribution >= 0.6 is 0 Å². The van der Waals surface area contributed by atoms with Crippen LogP contribution in [-0.2, 0) is 4.74 Å². The summed E-state index contributed by atoms with van der Waals surface area (Å²) in [5.41, 5.74) is 1.10. The third kappa shape index (κ3) is 3.68. The first-order chi connectivity index (χ1) is 8.24. The van der Waals surface area contributed by atoms with Crippen LogP contribution in [0.2, 0.25) is 0 Å². The van der Waals surface area contributed by atoms with Crippen molar-refractivity contribution in [2.75, 3.05) is 27.9 Å². The van der Waals surface area contributed by atoms with Gasteiger partial charge in [0.1, 0.15) is 0 Å². The molecule has 0 aromatic carbocycles. The monoisotopic (exact) mass is 238 g/mol. The molecule has 0 saturated carbocycles. The quantitative estimate of drug-likeness (QED) is 0.789. The van der Waals surface area contributed by atoms with E-state index in [2.05, 4.69) is 23.3 Å². The second-order valence-corrected chi connectivity index (χ2v) is 4.13. The lowest BCUT2D eigenvalue weighted by Crippen LogP contribution is -2.25. The molecule has 0 aliphatic carbocycles. The highest BCUT2D eigenvalue weighted by Crippen LogP contribution is 2.29. The predicted octanol–water partition coefficient (Wildman–Crippen LogP) is 2.02. The van der Waals surface area contributed by atoms with Gasteiger partial charge in [0.05, 0.1) is 7.11 Å². The molecule has 0 aliphatic heterocycles. The molecular weight excluding hydrogens is 216 g/mol. The Morgan fingerprint density at radius 1 is 1.41 bits per heavy atom. The zero-order valence-electron chi connectivity index (χ0n) is 11.1. The van der Waals surface area contributed by atoms with Gasteiger partial charge in [0.2, 0.25) is 5.88 Å². The number of nitrogens with zero attached hydrogens (tertiary/aromatic N) is 1. The molecule has 0 aliphatic rings. The summed E-state index contributed by atoms with van der Waals surface area (Å²) in [6.45, 7) is 2.97. The van der Waals surface area contributed by atoms with Crippen LogP contribution in [0.4, 0.5) is 0 Å². The third-order valence-corrected chi connectivity index (χ3v) is 2.99. The standard InChI is InChI=1S/C13H22N2O2/c1-10(7-9-16-3)12(14-2)11-6-5-8-15-13(11)17-4/h5-6,8,10,12,14H,7,9H2,1-4H3. The minimum Gasteiger partial charge on any atom is -0.481 e. The topological polar surface area (TPSA) is 43.4 Å². The van der Waals surface area contributed by atoms with Crippen LogP contribution in [0.3, 0.4) is 0 Å². The maximum absolute atomic E-state index is 5.30. The van der Waals surface area contributed by atoms with Crippen molar-refractivity contribution in [1.29, 1.82) is 0 Å². The largest absolute Gasteiger partial charge is 0.481 e. The lowest BCUT2D eigenvalue weighted by molar-refractivity contribution is 0.170. The Morgan fingerprint density at radius 3 is 2.76 bits per heavy atom. The van der Waals surface area contributed by atoms with Gasteiger partial charge in [-0.3, -0.25) is 0 Å². The lowest BCUT2D eigenvalue weighted by Gasteiger charge is -2.24. The first-order valence-electron chi connectivity index (χ1n) is 5.89. The number of nitrogens with one attached hydrogen (secondary N) is 1. The summed E-state index contributed by atoms with van der Waals surface area (Å²) < 4.78 is 10.4. The van der Waals surface area contributed by atoms with Gasteiger partial charge < -0.3 is 14.8 Å². The summed E-state index contributed by atoms with van der Waals surface area (Å²) in [5.74, 6) is 1.15. The molecule has 0 bridgehead atoms. The predicted molar refractivity (Wildman–Crippen MR) is 68.2 cm³/mol. The summed E-state index contributed by atoms with van der Waals surface area (Å²) in [7, 11) is 5.34. The number of methoxy groups -OCH3 is 2. The molecule has 0 spiro atoms. The van der Waals surface area contributed by atoms with Crippen molar-refractivity contribution in [2.24, 2.45) is 5.92 Å². The lowest BCUT2D eigenvalue weighted by atomic mass is 9.93. The van der Waals surface area contributed by atoms with Crippen LogP contribution in [0.15, 0.2) is 18.3 Å². The van der Waals surface area contributed by atoms with E-state index in [0.717, 1.165) is 18.6 Å². The Bertz CT molecular complexity index is 331. The zero-order chi connectivity index (χ0) is 12.7. The molecule has 4 nitrogen and oxygen atoms in total. The normalized spacial score (nSPS) is 14.4. The minimum absolute atomic E-state index is 0.230. The molecule has 0 radical (unpaired) electrons. The van der Waals surface area contributed by atoms with Crippen molar-refractivity contribution < 1.29 is 9.47 Å². The summed E-state index contributed by atoms with van der Waals surface area (Å²) >= 11 is 0. The van der Waals surface area contributed by atoms with Gasteiger partial charge in [-0.1, -0.05) is 13.0 Å². The number of hydrogen-bond donors (Lipinski definition) is 1. The van der Waals surface area contributed by atoms with Gasteiger partial charge in [0.25, 0.3) is 0 Å². The number of rotatable bonds is 7. The van der Waals surface area contributed by atoms with E-state index in [1.807, 2.05) is 13.1 Å². The highest BCUT2D eigenvalue weighted by Gasteiger charge is 2.21. The average molecular weight is 238 g/mol. The SMILES string of the molecule is CNC(c1cccnc1OC)C(C)CCOC. The van der Waals surface area contributed by atoms with Gasteiger partial charge in [-0.2, -0.15) is 0 Å². The molecule has 96 valence electrons. The minimum atomic E-state index is 0.230. The Balaban J connectivity index is 2.84. The zero-order valence-corrected chi connectivity index (χ0v) is 11.1. The van der Waals surface area contributed by atoms with Crippen LogP contribution < -0.4 is 10.1 Å². The number of ether oxygens (including phenoxy) is 2. The van der Waals surface area contributed by atoms with Crippen LogP contribution in [0.1, 0.15) is 24.9 Å². The van der Waals surface area contributed by atoms with E-state index < -0.39 is 0 Å². The van der Waals surface area contributed by atoms with E-state index in [-0.39, 0.29) is 6.04 Å². The fraction of sp³-hybridized carbons (Fsp3) is 0.615. The van der Waals surface area contributed by atoms with E-state index in [9.17, 15) is 0 Å². The highest BCUT2D eigenvalue weighted by molar-refractivity contribution is 5.29. The Kier molecular flexibility index (Phi) is 5.94. The molecular formula is C13H22N2O2. The summed E-state index contributed by atoms with van der Waals surface area (Å²) in [6, 6.07) is 4.22. The molecule has 0 saturated heterocycles. The van der Waals surface area contributed by atoms with Crippen LogP contribution in [0.5, 0.6) is 5.88 Å². The average Bonchev–Trinajstić information content (AvgIpc) is 2.37. The van der Waals surface area contributed by atoms with Crippen molar-refractivity contribution in [2.45, 2.75) is 19.4 Å². The first-order valence-corrected chi connectivity index (χ1v) is 5.89. The summed E-state index contributed by atoms with van der Waals surface area (Å²) in [6.07, 6.45) is 2.74. The maximum atomic E-state index is 5.30. The molecule has 1 N–H and O–H groups in total. The van der Waals surface area contributed by atoms with Crippen LogP contribution in [-0.4, -0.2) is 32.9 Å². The molecule has 1 aromatic heterocycles. The van der Waals surface area contributed by atoms with Crippen LogP contribution in [0.25, 0.3) is 0 Å². The molecule has 1 rings (SSSR count). The van der Waals surface area contributed by atoms with E-state index in [1.165, 1.54) is 0 Å². The summed E-state index contributed by atoms with van der Waals surface area (Å²) in [5, 5.41) is 3.33. The smallest absolute Gasteiger partial charge is 0.217 e. The van der Waals surface area contributed by atoms with E-state index in [0.29, 0.717) is 11.8 Å². The Hall–Kier alpha value is -1.13. The Labute approximate surface area is 103 Å². The summed E-state index contributed by atoms with van der Waals surface area (Å²) in [4.78, 5) is 4.24. The molecule has 17 heavy (non-hydrogen) atoms. The van der Waals surface area contributed by atoms with Gasteiger partial charge in [-0.25, -0.2) is 4.98 Å². The number of aromatic nitrogens is 1. The third-order valence-electron chi connectivity index (χ3n) is 2.99.